The molecule has 1 atom stereocenters. The maximum absolute atomic E-state index is 5.62. The van der Waals surface area contributed by atoms with E-state index in [4.69, 9.17) is 5.73 Å². The third-order valence-electron chi connectivity index (χ3n) is 2.91. The molecule has 0 spiro atoms. The number of aryl methyl sites for hydroxylation is 2. The van der Waals surface area contributed by atoms with Crippen molar-refractivity contribution in [3.63, 3.8) is 0 Å². The molecule has 0 bridgehead atoms. The van der Waals surface area contributed by atoms with E-state index in [9.17, 15) is 0 Å². The van der Waals surface area contributed by atoms with Gasteiger partial charge in [0.05, 0.1) is 5.69 Å². The molecule has 3 nitrogen and oxygen atoms in total. The normalized spacial score (nSPS) is 15.0. The van der Waals surface area contributed by atoms with Crippen LogP contribution in [-0.4, -0.2) is 17.1 Å². The number of aromatic nitrogens is 1. The smallest absolute Gasteiger partial charge is 0.183 e. The van der Waals surface area contributed by atoms with E-state index in [2.05, 4.69) is 31.1 Å². The Kier molecular flexibility index (Phi) is 4.11. The van der Waals surface area contributed by atoms with Gasteiger partial charge in [0.25, 0.3) is 0 Å². The standard InChI is InChI=1S/C11H21N3S/c1-5-11(4,6-7-12)14-10-13-8(2)9(3)15-10/h5-7,12H2,1-4H3,(H,13,14). The second-order valence-corrected chi connectivity index (χ2v) is 5.44. The number of nitrogens with one attached hydrogen (secondary N) is 1. The zero-order chi connectivity index (χ0) is 11.5. The summed E-state index contributed by atoms with van der Waals surface area (Å²) in [6.45, 7) is 9.23. The van der Waals surface area contributed by atoms with Crippen LogP contribution in [-0.2, 0) is 0 Å². The van der Waals surface area contributed by atoms with Crippen LogP contribution in [0.15, 0.2) is 0 Å². The second-order valence-electron chi connectivity index (χ2n) is 4.24. The Morgan fingerprint density at radius 2 is 2.13 bits per heavy atom. The van der Waals surface area contributed by atoms with Gasteiger partial charge in [-0.1, -0.05) is 6.92 Å². The number of nitrogens with zero attached hydrogens (tertiary/aromatic N) is 1. The van der Waals surface area contributed by atoms with Gasteiger partial charge in [0.1, 0.15) is 0 Å². The minimum Gasteiger partial charge on any atom is -0.356 e. The maximum atomic E-state index is 5.62. The average molecular weight is 227 g/mol. The molecule has 1 aromatic heterocycles. The van der Waals surface area contributed by atoms with Gasteiger partial charge in [-0.3, -0.25) is 0 Å². The molecule has 0 aliphatic carbocycles. The van der Waals surface area contributed by atoms with Crippen molar-refractivity contribution in [2.45, 2.75) is 46.1 Å². The lowest BCUT2D eigenvalue weighted by atomic mass is 9.95. The van der Waals surface area contributed by atoms with Gasteiger partial charge in [0.15, 0.2) is 5.13 Å². The van der Waals surface area contributed by atoms with Gasteiger partial charge in [-0.15, -0.1) is 11.3 Å². The molecule has 1 heterocycles. The molecule has 1 aromatic rings. The number of nitrogens with two attached hydrogens (primary N) is 1. The first-order valence-corrected chi connectivity index (χ1v) is 6.24. The fourth-order valence-corrected chi connectivity index (χ4v) is 2.39. The van der Waals surface area contributed by atoms with Crippen molar-refractivity contribution in [3.8, 4) is 0 Å². The largest absolute Gasteiger partial charge is 0.356 e. The Labute approximate surface area is 96.1 Å². The predicted molar refractivity (Wildman–Crippen MR) is 67.6 cm³/mol. The van der Waals surface area contributed by atoms with Crippen molar-refractivity contribution in [2.24, 2.45) is 5.73 Å². The van der Waals surface area contributed by atoms with Crippen molar-refractivity contribution in [1.82, 2.24) is 4.98 Å². The predicted octanol–water partition coefficient (Wildman–Crippen LogP) is 2.69. The van der Waals surface area contributed by atoms with Gasteiger partial charge in [0, 0.05) is 10.4 Å². The third-order valence-corrected chi connectivity index (χ3v) is 3.90. The van der Waals surface area contributed by atoms with Gasteiger partial charge in [-0.25, -0.2) is 4.98 Å². The van der Waals surface area contributed by atoms with E-state index in [1.807, 2.05) is 6.92 Å². The second kappa shape index (κ2) is 4.94. The molecule has 0 aliphatic heterocycles. The Bertz CT molecular complexity index is 302. The lowest BCUT2D eigenvalue weighted by Gasteiger charge is -2.28. The van der Waals surface area contributed by atoms with E-state index in [0.717, 1.165) is 23.7 Å². The highest BCUT2D eigenvalue weighted by molar-refractivity contribution is 7.15. The van der Waals surface area contributed by atoms with E-state index >= 15 is 0 Å². The molecule has 0 saturated carbocycles. The summed E-state index contributed by atoms with van der Waals surface area (Å²) >= 11 is 1.72. The topological polar surface area (TPSA) is 50.9 Å². The summed E-state index contributed by atoms with van der Waals surface area (Å²) in [6.07, 6.45) is 2.03. The van der Waals surface area contributed by atoms with E-state index < -0.39 is 0 Å². The summed E-state index contributed by atoms with van der Waals surface area (Å²) in [5.74, 6) is 0. The fraction of sp³-hybridized carbons (Fsp3) is 0.727. The Balaban J connectivity index is 2.74. The summed E-state index contributed by atoms with van der Waals surface area (Å²) in [7, 11) is 0. The molecule has 1 unspecified atom stereocenters. The first kappa shape index (κ1) is 12.5. The van der Waals surface area contributed by atoms with E-state index in [1.54, 1.807) is 11.3 Å². The first-order chi connectivity index (χ1) is 7.00. The number of anilines is 1. The molecule has 0 fully saturated rings. The third kappa shape index (κ3) is 3.18. The van der Waals surface area contributed by atoms with Gasteiger partial charge < -0.3 is 11.1 Å². The average Bonchev–Trinajstić information content (AvgIpc) is 2.46. The molecule has 86 valence electrons. The van der Waals surface area contributed by atoms with Gasteiger partial charge in [0.2, 0.25) is 0 Å². The quantitative estimate of drug-likeness (QED) is 0.813. The van der Waals surface area contributed by atoms with Crippen LogP contribution in [0, 0.1) is 13.8 Å². The van der Waals surface area contributed by atoms with Crippen LogP contribution >= 0.6 is 11.3 Å². The molecule has 0 aliphatic rings. The first-order valence-electron chi connectivity index (χ1n) is 5.43. The molecular formula is C11H21N3S. The van der Waals surface area contributed by atoms with Crippen LogP contribution in [0.5, 0.6) is 0 Å². The highest BCUT2D eigenvalue weighted by Gasteiger charge is 2.22. The van der Waals surface area contributed by atoms with Crippen LogP contribution < -0.4 is 11.1 Å². The molecule has 3 N–H and O–H groups in total. The van der Waals surface area contributed by atoms with Crippen LogP contribution in [0.4, 0.5) is 5.13 Å². The lowest BCUT2D eigenvalue weighted by Crippen LogP contribution is -2.36. The highest BCUT2D eigenvalue weighted by atomic mass is 32.1. The molecule has 0 saturated heterocycles. The van der Waals surface area contributed by atoms with Gasteiger partial charge >= 0.3 is 0 Å². The number of hydrogen-bond acceptors (Lipinski definition) is 4. The maximum Gasteiger partial charge on any atom is 0.183 e. The van der Waals surface area contributed by atoms with Crippen molar-refractivity contribution in [1.29, 1.82) is 0 Å². The summed E-state index contributed by atoms with van der Waals surface area (Å²) in [5.41, 5.74) is 6.82. The van der Waals surface area contributed by atoms with Crippen LogP contribution in [0.1, 0.15) is 37.3 Å². The molecule has 0 aromatic carbocycles. The van der Waals surface area contributed by atoms with E-state index in [1.165, 1.54) is 4.88 Å². The zero-order valence-electron chi connectivity index (χ0n) is 10.1. The summed E-state index contributed by atoms with van der Waals surface area (Å²) in [4.78, 5) is 5.77. The molecule has 4 heteroatoms. The number of thiazole rings is 1. The van der Waals surface area contributed by atoms with Crippen LogP contribution in [0.25, 0.3) is 0 Å². The Morgan fingerprint density at radius 3 is 2.53 bits per heavy atom. The van der Waals surface area contributed by atoms with E-state index in [0.29, 0.717) is 6.54 Å². The van der Waals surface area contributed by atoms with Crippen molar-refractivity contribution in [3.05, 3.63) is 10.6 Å². The fourth-order valence-electron chi connectivity index (χ4n) is 1.43. The molecular weight excluding hydrogens is 206 g/mol. The Morgan fingerprint density at radius 1 is 1.47 bits per heavy atom. The van der Waals surface area contributed by atoms with Crippen molar-refractivity contribution in [2.75, 3.05) is 11.9 Å². The van der Waals surface area contributed by atoms with Crippen LogP contribution in [0.2, 0.25) is 0 Å². The van der Waals surface area contributed by atoms with Crippen molar-refractivity contribution < 1.29 is 0 Å². The SMILES string of the molecule is CCC(C)(CCN)Nc1nc(C)c(C)s1. The van der Waals surface area contributed by atoms with Gasteiger partial charge in [-0.2, -0.15) is 0 Å². The zero-order valence-corrected chi connectivity index (χ0v) is 10.9. The van der Waals surface area contributed by atoms with Crippen LogP contribution in [0.3, 0.4) is 0 Å². The monoisotopic (exact) mass is 227 g/mol. The minimum absolute atomic E-state index is 0.0749. The molecule has 0 amide bonds. The Hall–Kier alpha value is -0.610. The number of rotatable bonds is 5. The molecule has 1 rings (SSSR count). The molecule has 0 radical (unpaired) electrons. The number of hydrogen-bond donors (Lipinski definition) is 2. The van der Waals surface area contributed by atoms with Crippen molar-refractivity contribution >= 4 is 16.5 Å². The highest BCUT2D eigenvalue weighted by Crippen LogP contribution is 2.26. The summed E-state index contributed by atoms with van der Waals surface area (Å²) in [6, 6.07) is 0. The molecule has 15 heavy (non-hydrogen) atoms. The minimum atomic E-state index is 0.0749. The lowest BCUT2D eigenvalue weighted by molar-refractivity contribution is 0.463. The summed E-state index contributed by atoms with van der Waals surface area (Å²) < 4.78 is 0. The van der Waals surface area contributed by atoms with Gasteiger partial charge in [-0.05, 0) is 40.2 Å². The summed E-state index contributed by atoms with van der Waals surface area (Å²) in [5, 5.41) is 4.51. The van der Waals surface area contributed by atoms with E-state index in [-0.39, 0.29) is 5.54 Å².